The molecule has 0 saturated carbocycles. The molecule has 0 radical (unpaired) electrons. The molecule has 10 atom stereocenters. The van der Waals surface area contributed by atoms with Crippen LogP contribution in [0, 0.1) is 0 Å². The van der Waals surface area contributed by atoms with Gasteiger partial charge in [-0.1, -0.05) is 0 Å². The molecule has 4 heterocycles. The molecule has 0 aromatic heterocycles. The maximum Gasteiger partial charge on any atom is 0.344 e. The summed E-state index contributed by atoms with van der Waals surface area (Å²) in [5, 5.41) is 270. The fourth-order valence-electron chi connectivity index (χ4n) is 11.8. The summed E-state index contributed by atoms with van der Waals surface area (Å²) in [6.45, 7) is -2.75. The molecule has 4 aliphatic heterocycles. The van der Waals surface area contributed by atoms with Gasteiger partial charge in [0, 0.05) is 28.3 Å². The fourth-order valence-corrected chi connectivity index (χ4v) is 11.8. The fraction of sp³-hybridized carbons (Fsp3) is 0.176. The topological polar surface area (TPSA) is 744 Å². The van der Waals surface area contributed by atoms with Crippen molar-refractivity contribution in [1.29, 1.82) is 0 Å². The Morgan fingerprint density at radius 2 is 0.634 bits per heavy atom. The summed E-state index contributed by atoms with van der Waals surface area (Å²) in [6.07, 6.45) is -26.0. The Labute approximate surface area is 616 Å². The van der Waals surface area contributed by atoms with E-state index in [0.29, 0.717) is 60.7 Å². The normalized spacial score (nSPS) is 20.7. The number of ether oxygens (including phenoxy) is 11. The monoisotopic (exact) mass is 1570 g/mol. The summed E-state index contributed by atoms with van der Waals surface area (Å²) in [4.78, 5) is 115. The van der Waals surface area contributed by atoms with E-state index in [2.05, 4.69) is 0 Å². The zero-order valence-corrected chi connectivity index (χ0v) is 55.0. The van der Waals surface area contributed by atoms with E-state index in [9.17, 15) is 166 Å². The largest absolute Gasteiger partial charge is 0.504 e. The highest BCUT2D eigenvalue weighted by Gasteiger charge is 2.56. The third-order valence-corrected chi connectivity index (χ3v) is 17.3. The molecule has 0 spiro atoms. The Kier molecular flexibility index (Phi) is 19.3. The van der Waals surface area contributed by atoms with Crippen molar-refractivity contribution in [3.8, 4) is 166 Å². The van der Waals surface area contributed by atoms with E-state index in [1.165, 1.54) is 0 Å². The minimum absolute atomic E-state index is 0.239. The van der Waals surface area contributed by atoms with Crippen molar-refractivity contribution >= 4 is 47.8 Å². The summed E-state index contributed by atoms with van der Waals surface area (Å²) in [7, 11) is 0. The predicted octanol–water partition coefficient (Wildman–Crippen LogP) is 1.77. The summed E-state index contributed by atoms with van der Waals surface area (Å²) < 4.78 is 61.2. The Morgan fingerprint density at radius 3 is 1.06 bits per heavy atom. The smallest absolute Gasteiger partial charge is 0.344 e. The first-order valence-electron chi connectivity index (χ1n) is 31.1. The molecule has 2 saturated heterocycles. The van der Waals surface area contributed by atoms with Crippen LogP contribution < -0.4 is 4.74 Å². The Hall–Kier alpha value is -15.4. The Balaban J connectivity index is 0.907. The van der Waals surface area contributed by atoms with Crippen LogP contribution >= 0.6 is 0 Å². The number of aliphatic hydroxyl groups excluding tert-OH is 2. The Bertz CT molecular complexity index is 5350. The van der Waals surface area contributed by atoms with Crippen LogP contribution in [0.25, 0.3) is 22.3 Å². The number of aliphatic hydroxyl groups is 2. The van der Waals surface area contributed by atoms with Gasteiger partial charge in [0.15, 0.2) is 122 Å². The van der Waals surface area contributed by atoms with Crippen molar-refractivity contribution in [1.82, 2.24) is 0 Å². The van der Waals surface area contributed by atoms with Gasteiger partial charge in [-0.05, 0) is 60.7 Å². The van der Waals surface area contributed by atoms with E-state index in [1.54, 1.807) is 0 Å². The van der Waals surface area contributed by atoms with Crippen LogP contribution in [0.5, 0.6) is 144 Å². The molecule has 44 nitrogen and oxygen atoms in total. The molecule has 0 unspecified atom stereocenters. The van der Waals surface area contributed by atoms with Crippen molar-refractivity contribution in [2.24, 2.45) is 0 Å². The van der Waals surface area contributed by atoms with Gasteiger partial charge in [0.1, 0.15) is 43.2 Å². The average Bonchev–Trinajstić information content (AvgIpc) is 1.64. The summed E-state index contributed by atoms with van der Waals surface area (Å²) >= 11 is 0. The van der Waals surface area contributed by atoms with Crippen LogP contribution in [0.1, 0.15) is 82.9 Å². The second-order valence-electron chi connectivity index (χ2n) is 24.3. The highest BCUT2D eigenvalue weighted by atomic mass is 16.8. The van der Waals surface area contributed by atoms with Crippen LogP contribution in [0.4, 0.5) is 0 Å². The number of aromatic hydroxyl groups is 23. The summed E-state index contributed by atoms with van der Waals surface area (Å²) in [6, 6.07) is 4.12. The van der Waals surface area contributed by atoms with E-state index < -0.39 is 333 Å². The number of rotatable bonds is 10. The van der Waals surface area contributed by atoms with Gasteiger partial charge in [-0.3, -0.25) is 0 Å². The second kappa shape index (κ2) is 28.4. The molecule has 112 heavy (non-hydrogen) atoms. The van der Waals surface area contributed by atoms with E-state index in [-0.39, 0.29) is 6.07 Å². The van der Waals surface area contributed by atoms with E-state index in [4.69, 9.17) is 52.1 Å². The number of carbonyl (C=O) groups excluding carboxylic acids is 8. The number of benzene rings is 8. The van der Waals surface area contributed by atoms with Crippen LogP contribution in [0.15, 0.2) is 66.7 Å². The maximum absolute atomic E-state index is 14.8. The third kappa shape index (κ3) is 13.2. The van der Waals surface area contributed by atoms with Gasteiger partial charge in [0.05, 0.1) is 38.9 Å². The molecule has 0 amide bonds. The van der Waals surface area contributed by atoms with Crippen LogP contribution in [0.3, 0.4) is 0 Å². The molecule has 8 aromatic carbocycles. The quantitative estimate of drug-likeness (QED) is 0.0527. The minimum Gasteiger partial charge on any atom is -0.504 e. The molecule has 12 rings (SSSR count). The molecule has 8 aromatic rings. The molecular formula is C68H50O44. The molecule has 2 fully saturated rings. The zero-order chi connectivity index (χ0) is 81.7. The number of phenols is 23. The van der Waals surface area contributed by atoms with E-state index in [1.807, 2.05) is 0 Å². The number of cyclic esters (lactones) is 2. The number of esters is 8. The van der Waals surface area contributed by atoms with E-state index >= 15 is 0 Å². The number of carbonyl (C=O) groups is 8. The molecule has 586 valence electrons. The van der Waals surface area contributed by atoms with Crippen LogP contribution in [0.2, 0.25) is 0 Å². The predicted molar refractivity (Wildman–Crippen MR) is 345 cm³/mol. The number of hydrogen-bond acceptors (Lipinski definition) is 44. The zero-order valence-electron chi connectivity index (χ0n) is 55.0. The first-order chi connectivity index (χ1) is 52.7. The highest BCUT2D eigenvalue weighted by molar-refractivity contribution is 6.10. The number of phenolic OH excluding ortho intramolecular Hbond substituents is 23. The number of fused-ring (bicyclic) bond motifs is 8. The lowest BCUT2D eigenvalue weighted by atomic mass is 9.92. The molecule has 0 bridgehead atoms. The van der Waals surface area contributed by atoms with Gasteiger partial charge in [0.25, 0.3) is 0 Å². The minimum atomic E-state index is -2.90. The average molecular weight is 1570 g/mol. The van der Waals surface area contributed by atoms with Crippen molar-refractivity contribution in [2.75, 3.05) is 13.2 Å². The molecule has 25 N–H and O–H groups in total. The van der Waals surface area contributed by atoms with Crippen LogP contribution in [-0.2, 0) is 47.4 Å². The SMILES string of the molecule is O=C(O[C@@H]1O[C@@H]2COC(=O)c3cc(O)c(O)c(O)c3-c3c(cc(O)c(O)c3O)C(=O)O[C@H]2[C@H](OC(=O)c2cc(O)c(O)c(O)c2)[C@H]1OC(=O)c1cc(O)c(O)c(O)c1)c1cc(O)c(O)c(Oc2c(C(=O)O[C@H]3O[C@@H]4COC(=O)c5cc(O)c(O)c(O)c5-c5c(cc(O)c(O)c5O)C(=O)O[C@H]4[C@H](O)[C@H]3O)cc(O)c(O)c2O)c1. The maximum atomic E-state index is 14.8. The molecule has 0 aliphatic carbocycles. The summed E-state index contributed by atoms with van der Waals surface area (Å²) in [5.41, 5.74) is -13.5. The first kappa shape index (κ1) is 76.2. The lowest BCUT2D eigenvalue weighted by Gasteiger charge is -2.43. The Morgan fingerprint density at radius 1 is 0.312 bits per heavy atom. The van der Waals surface area contributed by atoms with Crippen molar-refractivity contribution in [2.45, 2.75) is 61.4 Å². The van der Waals surface area contributed by atoms with Gasteiger partial charge in [-0.2, -0.15) is 0 Å². The van der Waals surface area contributed by atoms with Crippen molar-refractivity contribution in [3.05, 3.63) is 111 Å². The van der Waals surface area contributed by atoms with Crippen molar-refractivity contribution < 1.29 is 218 Å². The van der Waals surface area contributed by atoms with E-state index in [0.717, 1.165) is 0 Å². The molecular weight excluding hydrogens is 1520 g/mol. The second-order valence-corrected chi connectivity index (χ2v) is 24.3. The highest BCUT2D eigenvalue weighted by Crippen LogP contribution is 2.57. The lowest BCUT2D eigenvalue weighted by molar-refractivity contribution is -0.284. The summed E-state index contributed by atoms with van der Waals surface area (Å²) in [5.74, 6) is -49.8. The van der Waals surface area contributed by atoms with Gasteiger partial charge in [-0.15, -0.1) is 0 Å². The van der Waals surface area contributed by atoms with Gasteiger partial charge >= 0.3 is 47.8 Å². The van der Waals surface area contributed by atoms with Gasteiger partial charge < -0.3 is 180 Å². The molecule has 44 heteroatoms. The lowest BCUT2D eigenvalue weighted by Crippen LogP contribution is -2.63. The van der Waals surface area contributed by atoms with Gasteiger partial charge in [0.2, 0.25) is 58.9 Å². The van der Waals surface area contributed by atoms with Gasteiger partial charge in [-0.25, -0.2) is 38.4 Å². The standard InChI is InChI=1S/C68H50O44/c69-22-1-14(2-23(70)39(22)79)59(94)109-57-56-34(13-103-63(98)18-8-28(75)43(83)48(88)36(18)38-20(65(100)108-56)10-30(77)45(85)50(38)90)106-68(58(57)110-60(95)15-3-24(71)40(80)25(72)4-15)111-61(96)16-5-26(73)41(81)32(6-16)104-54-21(11-31(78)46(86)51(54)91)66(101)112-67-53(93)52(92)55-33(105-67)12-102-62(97)17-7-27(74)42(82)47(87)35(17)37-19(64(99)107-55)9-29(76)44(84)49(37)89/h1-11,33-34,52-53,55-58,67-93H,12-13H2/t33-,34-,52-,53-,55-,56-,57+,58-,67-,68+/m1/s1. The third-order valence-electron chi connectivity index (χ3n) is 17.3. The first-order valence-corrected chi connectivity index (χ1v) is 31.1. The van der Waals surface area contributed by atoms with Crippen LogP contribution in [-0.4, -0.2) is 250 Å². The number of hydrogen-bond donors (Lipinski definition) is 25. The van der Waals surface area contributed by atoms with Crippen molar-refractivity contribution in [3.63, 3.8) is 0 Å². The molecule has 4 aliphatic rings.